The van der Waals surface area contributed by atoms with Crippen molar-refractivity contribution in [1.82, 2.24) is 10.6 Å². The lowest BCUT2D eigenvalue weighted by atomic mass is 9.85. The molecule has 2 aliphatic carbocycles. The fraction of sp³-hybridized carbons (Fsp3) is 0.905. The van der Waals surface area contributed by atoms with E-state index in [1.165, 1.54) is 0 Å². The van der Waals surface area contributed by atoms with Crippen LogP contribution in [0.25, 0.3) is 0 Å². The summed E-state index contributed by atoms with van der Waals surface area (Å²) in [7, 11) is 0. The molecular weight excluding hydrogens is 464 g/mol. The zero-order valence-corrected chi connectivity index (χ0v) is 19.9. The number of nitrogens with two attached hydrogens (primary N) is 4. The van der Waals surface area contributed by atoms with Crippen LogP contribution < -0.4 is 33.6 Å². The number of ether oxygens (including phenoxy) is 2. The van der Waals surface area contributed by atoms with Crippen molar-refractivity contribution in [3.63, 3.8) is 0 Å². The van der Waals surface area contributed by atoms with Crippen molar-refractivity contribution in [2.75, 3.05) is 26.3 Å². The molecule has 2 amide bonds. The highest BCUT2D eigenvalue weighted by molar-refractivity contribution is 5.77. The summed E-state index contributed by atoms with van der Waals surface area (Å²) in [6.07, 6.45) is -3.90. The number of aliphatic hydroxyl groups excluding tert-OH is 4. The molecule has 10 atom stereocenters. The van der Waals surface area contributed by atoms with Crippen LogP contribution in [-0.4, -0.2) is 119 Å². The van der Waals surface area contributed by atoms with Crippen molar-refractivity contribution in [1.29, 1.82) is 0 Å². The molecule has 0 heterocycles. The van der Waals surface area contributed by atoms with Crippen LogP contribution in [-0.2, 0) is 19.1 Å². The van der Waals surface area contributed by atoms with Crippen molar-refractivity contribution in [2.24, 2.45) is 22.9 Å². The maximum atomic E-state index is 11.9. The molecule has 14 heteroatoms. The molecule has 14 N–H and O–H groups in total. The number of carbonyl (C=O) groups excluding carboxylic acids is 2. The first-order chi connectivity index (χ1) is 16.5. The summed E-state index contributed by atoms with van der Waals surface area (Å²) in [5.74, 6) is -0.734. The highest BCUT2D eigenvalue weighted by Gasteiger charge is 2.42. The summed E-state index contributed by atoms with van der Waals surface area (Å²) in [4.78, 5) is 23.9. The first-order valence-corrected chi connectivity index (χ1v) is 12.0. The number of nitrogens with one attached hydrogen (secondary N) is 2. The molecule has 0 unspecified atom stereocenters. The van der Waals surface area contributed by atoms with E-state index >= 15 is 0 Å². The summed E-state index contributed by atoms with van der Waals surface area (Å²) in [6.45, 7) is 0.230. The van der Waals surface area contributed by atoms with Gasteiger partial charge in [-0.1, -0.05) is 0 Å². The molecule has 2 saturated carbocycles. The van der Waals surface area contributed by atoms with Gasteiger partial charge in [0.2, 0.25) is 11.8 Å². The van der Waals surface area contributed by atoms with Gasteiger partial charge in [0.25, 0.3) is 0 Å². The highest BCUT2D eigenvalue weighted by atomic mass is 16.5. The molecular formula is C21H42N6O8. The molecule has 0 aromatic carbocycles. The fourth-order valence-corrected chi connectivity index (χ4v) is 4.35. The van der Waals surface area contributed by atoms with E-state index in [9.17, 15) is 30.0 Å². The lowest BCUT2D eigenvalue weighted by molar-refractivity contribution is -0.145. The summed E-state index contributed by atoms with van der Waals surface area (Å²) in [5.41, 5.74) is 23.2. The van der Waals surface area contributed by atoms with Gasteiger partial charge >= 0.3 is 0 Å². The smallest absolute Gasteiger partial charge is 0.246 e. The van der Waals surface area contributed by atoms with Gasteiger partial charge in [-0.15, -0.1) is 0 Å². The molecule has 2 fully saturated rings. The van der Waals surface area contributed by atoms with Gasteiger partial charge in [0.05, 0.1) is 12.2 Å². The Balaban J connectivity index is 1.50. The molecule has 0 aliphatic heterocycles. The van der Waals surface area contributed by atoms with Crippen molar-refractivity contribution in [3.8, 4) is 0 Å². The van der Waals surface area contributed by atoms with Gasteiger partial charge in [-0.05, 0) is 32.1 Å². The van der Waals surface area contributed by atoms with E-state index in [-0.39, 0.29) is 37.9 Å². The normalized spacial score (nSPS) is 37.6. The molecule has 0 bridgehead atoms. The van der Waals surface area contributed by atoms with Gasteiger partial charge in [0.1, 0.15) is 37.6 Å². The van der Waals surface area contributed by atoms with E-state index in [1.807, 2.05) is 0 Å². The standard InChI is InChI=1S/C21H42N6O8/c22-10-6-12(24)20(18(32)16(10)30)34-8-14(28)26-4-2-1-3-5-27-15(29)9-35-21-13(25)7-11(23)17(31)19(21)33/h10-13,16-21,30-33H,1-9,22-25H2,(H,26,28)(H,27,29)/t10-,11-,12+,13+,16+,17+,18-,19-,20-,21-/m1/s1. The maximum absolute atomic E-state index is 11.9. The second-order valence-electron chi connectivity index (χ2n) is 9.40. The maximum Gasteiger partial charge on any atom is 0.246 e. The Morgan fingerprint density at radius 2 is 1.00 bits per heavy atom. The van der Waals surface area contributed by atoms with Gasteiger partial charge in [-0.2, -0.15) is 0 Å². The Bertz CT molecular complexity index is 622. The lowest BCUT2D eigenvalue weighted by Crippen LogP contribution is -2.62. The number of amides is 2. The van der Waals surface area contributed by atoms with E-state index in [4.69, 9.17) is 32.4 Å². The number of aliphatic hydroxyl groups is 4. The minimum Gasteiger partial charge on any atom is -0.389 e. The minimum atomic E-state index is -1.25. The Morgan fingerprint density at radius 1 is 0.629 bits per heavy atom. The molecule has 0 aromatic rings. The average molecular weight is 507 g/mol. The second-order valence-corrected chi connectivity index (χ2v) is 9.40. The van der Waals surface area contributed by atoms with Crippen LogP contribution in [0.3, 0.4) is 0 Å². The highest BCUT2D eigenvalue weighted by Crippen LogP contribution is 2.21. The Hall–Kier alpha value is -1.46. The first kappa shape index (κ1) is 29.8. The van der Waals surface area contributed by atoms with Crippen LogP contribution in [0.5, 0.6) is 0 Å². The largest absolute Gasteiger partial charge is 0.389 e. The zero-order valence-electron chi connectivity index (χ0n) is 19.9. The van der Waals surface area contributed by atoms with Crippen molar-refractivity contribution < 1.29 is 39.5 Å². The van der Waals surface area contributed by atoms with E-state index in [0.717, 1.165) is 6.42 Å². The van der Waals surface area contributed by atoms with E-state index in [1.54, 1.807) is 0 Å². The predicted octanol–water partition coefficient (Wildman–Crippen LogP) is -5.28. The van der Waals surface area contributed by atoms with Crippen LogP contribution in [0.4, 0.5) is 0 Å². The summed E-state index contributed by atoms with van der Waals surface area (Å²) in [6, 6.07) is -2.43. The summed E-state index contributed by atoms with van der Waals surface area (Å²) >= 11 is 0. The minimum absolute atomic E-state index is 0.279. The third kappa shape index (κ3) is 8.86. The van der Waals surface area contributed by atoms with Crippen LogP contribution in [0.2, 0.25) is 0 Å². The van der Waals surface area contributed by atoms with Gasteiger partial charge in [-0.25, -0.2) is 0 Å². The fourth-order valence-electron chi connectivity index (χ4n) is 4.35. The van der Waals surface area contributed by atoms with Gasteiger partial charge < -0.3 is 63.5 Å². The average Bonchev–Trinajstić information content (AvgIpc) is 2.80. The van der Waals surface area contributed by atoms with E-state index in [0.29, 0.717) is 25.9 Å². The number of hydrogen-bond donors (Lipinski definition) is 10. The zero-order chi connectivity index (χ0) is 26.1. The van der Waals surface area contributed by atoms with Crippen molar-refractivity contribution in [3.05, 3.63) is 0 Å². The first-order valence-electron chi connectivity index (χ1n) is 12.0. The molecule has 2 aliphatic rings. The molecule has 35 heavy (non-hydrogen) atoms. The molecule has 14 nitrogen and oxygen atoms in total. The Labute approximate surface area is 204 Å². The Morgan fingerprint density at radius 3 is 1.37 bits per heavy atom. The SMILES string of the molecule is N[C@@H]1C[C@H](N)[C@@H](OCC(=O)NCCCCCNC(=O)CO[C@H]2[C@H](O)[C@@H](O)[C@H](N)C[C@@H]2N)[C@H](O)[C@H]1O. The quantitative estimate of drug-likeness (QED) is 0.111. The van der Waals surface area contributed by atoms with Crippen LogP contribution in [0, 0.1) is 0 Å². The van der Waals surface area contributed by atoms with Crippen LogP contribution in [0.1, 0.15) is 32.1 Å². The third-order valence-corrected chi connectivity index (χ3v) is 6.49. The summed E-state index contributed by atoms with van der Waals surface area (Å²) < 4.78 is 10.8. The number of hydrogen-bond acceptors (Lipinski definition) is 12. The molecule has 0 radical (unpaired) electrons. The lowest BCUT2D eigenvalue weighted by Gasteiger charge is -2.39. The monoisotopic (exact) mass is 506 g/mol. The van der Waals surface area contributed by atoms with E-state index in [2.05, 4.69) is 10.6 Å². The van der Waals surface area contributed by atoms with Gasteiger partial charge in [-0.3, -0.25) is 9.59 Å². The van der Waals surface area contributed by atoms with Crippen molar-refractivity contribution >= 4 is 11.8 Å². The van der Waals surface area contributed by atoms with Crippen LogP contribution in [0.15, 0.2) is 0 Å². The van der Waals surface area contributed by atoms with E-state index < -0.39 is 60.8 Å². The molecule has 0 saturated heterocycles. The summed E-state index contributed by atoms with van der Waals surface area (Å²) in [5, 5.41) is 45.1. The molecule has 0 spiro atoms. The number of rotatable bonds is 12. The number of unbranched alkanes of at least 4 members (excludes halogenated alkanes) is 2. The molecule has 0 aromatic heterocycles. The Kier molecular flexibility index (Phi) is 12.2. The van der Waals surface area contributed by atoms with Gasteiger partial charge in [0, 0.05) is 37.3 Å². The van der Waals surface area contributed by atoms with Crippen LogP contribution >= 0.6 is 0 Å². The molecule has 204 valence electrons. The molecule has 2 rings (SSSR count). The third-order valence-electron chi connectivity index (χ3n) is 6.49. The topological polar surface area (TPSA) is 262 Å². The van der Waals surface area contributed by atoms with Gasteiger partial charge in [0.15, 0.2) is 0 Å². The predicted molar refractivity (Wildman–Crippen MR) is 125 cm³/mol. The number of carbonyl (C=O) groups is 2. The second kappa shape index (κ2) is 14.3. The van der Waals surface area contributed by atoms with Crippen molar-refractivity contribution in [2.45, 2.75) is 92.9 Å².